The van der Waals surface area contributed by atoms with Gasteiger partial charge in [-0.05, 0) is 25.5 Å². The van der Waals surface area contributed by atoms with Crippen molar-refractivity contribution in [2.24, 2.45) is 7.05 Å². The highest BCUT2D eigenvalue weighted by atomic mass is 35.5. The number of aromatic nitrogens is 4. The molecule has 0 saturated carbocycles. The second-order valence-corrected chi connectivity index (χ2v) is 6.91. The van der Waals surface area contributed by atoms with E-state index in [0.717, 1.165) is 42.1 Å². The summed E-state index contributed by atoms with van der Waals surface area (Å²) in [5.74, 6) is 1.63. The van der Waals surface area contributed by atoms with Crippen LogP contribution in [0.15, 0.2) is 12.1 Å². The second-order valence-electron chi connectivity index (χ2n) is 5.16. The van der Waals surface area contributed by atoms with E-state index in [9.17, 15) is 0 Å². The molecule has 0 aromatic carbocycles. The highest BCUT2D eigenvalue weighted by molar-refractivity contribution is 7.11. The van der Waals surface area contributed by atoms with E-state index >= 15 is 0 Å². The summed E-state index contributed by atoms with van der Waals surface area (Å²) in [5, 5.41) is 4.58. The van der Waals surface area contributed by atoms with Crippen molar-refractivity contribution < 1.29 is 0 Å². The first-order chi connectivity index (χ1) is 10.1. The molecule has 0 aliphatic heterocycles. The molecular weight excluding hydrogens is 304 g/mol. The number of hydrogen-bond acceptors (Lipinski definition) is 3. The van der Waals surface area contributed by atoms with E-state index in [4.69, 9.17) is 16.6 Å². The van der Waals surface area contributed by atoms with Crippen LogP contribution < -0.4 is 0 Å². The standard InChI is InChI=1S/C15H19ClN4S/c1-4-12-14-15(19(3)18-12)20(13(17-14)7-8-16)9-11-6-5-10(2)21-11/h5-6H,4,7-9H2,1-3H3. The first kappa shape index (κ1) is 14.6. The van der Waals surface area contributed by atoms with Crippen LogP contribution >= 0.6 is 22.9 Å². The average molecular weight is 323 g/mol. The molecule has 4 nitrogen and oxygen atoms in total. The Morgan fingerprint density at radius 1 is 1.33 bits per heavy atom. The Kier molecular flexibility index (Phi) is 4.04. The normalized spacial score (nSPS) is 11.6. The van der Waals surface area contributed by atoms with Gasteiger partial charge in [-0.25, -0.2) is 4.98 Å². The van der Waals surface area contributed by atoms with Crippen molar-refractivity contribution in [2.45, 2.75) is 33.2 Å². The van der Waals surface area contributed by atoms with E-state index < -0.39 is 0 Å². The second kappa shape index (κ2) is 5.81. The van der Waals surface area contributed by atoms with Crippen LogP contribution in [0.3, 0.4) is 0 Å². The molecule has 3 heterocycles. The van der Waals surface area contributed by atoms with Gasteiger partial charge in [0, 0.05) is 29.1 Å². The van der Waals surface area contributed by atoms with Crippen molar-refractivity contribution in [2.75, 3.05) is 5.88 Å². The fourth-order valence-corrected chi connectivity index (χ4v) is 3.74. The summed E-state index contributed by atoms with van der Waals surface area (Å²) in [6.07, 6.45) is 1.68. The fourth-order valence-electron chi connectivity index (χ4n) is 2.69. The Balaban J connectivity index is 2.13. The molecule has 0 N–H and O–H groups in total. The van der Waals surface area contributed by atoms with Gasteiger partial charge in [0.1, 0.15) is 11.3 Å². The van der Waals surface area contributed by atoms with Crippen LogP contribution in [-0.4, -0.2) is 25.2 Å². The van der Waals surface area contributed by atoms with Gasteiger partial charge in [0.15, 0.2) is 5.65 Å². The zero-order chi connectivity index (χ0) is 15.0. The third-order valence-corrected chi connectivity index (χ3v) is 4.81. The number of nitrogens with zero attached hydrogens (tertiary/aromatic N) is 4. The minimum absolute atomic E-state index is 0.585. The van der Waals surface area contributed by atoms with Crippen LogP contribution in [-0.2, 0) is 26.4 Å². The molecule has 21 heavy (non-hydrogen) atoms. The SMILES string of the molecule is CCc1nn(C)c2c1nc(CCCl)n2Cc1ccc(C)s1. The van der Waals surface area contributed by atoms with E-state index in [1.54, 1.807) is 0 Å². The quantitative estimate of drug-likeness (QED) is 0.674. The molecule has 3 aromatic heterocycles. The number of halogens is 1. The molecule has 0 amide bonds. The van der Waals surface area contributed by atoms with Gasteiger partial charge < -0.3 is 4.57 Å². The summed E-state index contributed by atoms with van der Waals surface area (Å²) in [6.45, 7) is 5.09. The van der Waals surface area contributed by atoms with E-state index in [1.807, 2.05) is 23.1 Å². The van der Waals surface area contributed by atoms with E-state index in [-0.39, 0.29) is 0 Å². The highest BCUT2D eigenvalue weighted by Gasteiger charge is 2.18. The van der Waals surface area contributed by atoms with Crippen molar-refractivity contribution in [1.82, 2.24) is 19.3 Å². The number of fused-ring (bicyclic) bond motifs is 1. The van der Waals surface area contributed by atoms with Crippen LogP contribution in [0.25, 0.3) is 11.2 Å². The topological polar surface area (TPSA) is 35.6 Å². The van der Waals surface area contributed by atoms with Crippen LogP contribution in [0.1, 0.15) is 28.2 Å². The molecule has 3 aromatic rings. The first-order valence-corrected chi connectivity index (χ1v) is 8.51. The number of rotatable bonds is 5. The molecule has 0 spiro atoms. The van der Waals surface area contributed by atoms with E-state index in [2.05, 4.69) is 35.6 Å². The lowest BCUT2D eigenvalue weighted by Crippen LogP contribution is -2.08. The summed E-state index contributed by atoms with van der Waals surface area (Å²) in [4.78, 5) is 7.46. The molecule has 112 valence electrons. The Morgan fingerprint density at radius 2 is 2.14 bits per heavy atom. The van der Waals surface area contributed by atoms with Crippen molar-refractivity contribution in [3.63, 3.8) is 0 Å². The van der Waals surface area contributed by atoms with Gasteiger partial charge in [-0.15, -0.1) is 22.9 Å². The third kappa shape index (κ3) is 2.60. The first-order valence-electron chi connectivity index (χ1n) is 7.16. The number of aryl methyl sites for hydroxylation is 4. The number of thiophene rings is 1. The lowest BCUT2D eigenvalue weighted by Gasteiger charge is -2.07. The zero-order valence-electron chi connectivity index (χ0n) is 12.6. The lowest BCUT2D eigenvalue weighted by molar-refractivity contribution is 0.692. The molecule has 6 heteroatoms. The van der Waals surface area contributed by atoms with Gasteiger partial charge in [-0.3, -0.25) is 4.68 Å². The summed E-state index contributed by atoms with van der Waals surface area (Å²) >= 11 is 7.78. The van der Waals surface area contributed by atoms with Crippen molar-refractivity contribution in [3.05, 3.63) is 33.4 Å². The minimum Gasteiger partial charge on any atom is -0.308 e. The van der Waals surface area contributed by atoms with E-state index in [0.29, 0.717) is 5.88 Å². The zero-order valence-corrected chi connectivity index (χ0v) is 14.1. The van der Waals surface area contributed by atoms with Gasteiger partial charge in [0.05, 0.1) is 12.2 Å². The molecule has 0 fully saturated rings. The molecule has 0 aliphatic rings. The van der Waals surface area contributed by atoms with Gasteiger partial charge >= 0.3 is 0 Å². The van der Waals surface area contributed by atoms with E-state index in [1.165, 1.54) is 9.75 Å². The number of hydrogen-bond donors (Lipinski definition) is 0. The maximum absolute atomic E-state index is 5.95. The third-order valence-electron chi connectivity index (χ3n) is 3.63. The fraction of sp³-hybridized carbons (Fsp3) is 0.467. The molecule has 3 rings (SSSR count). The average Bonchev–Trinajstić information content (AvgIpc) is 3.09. The van der Waals surface area contributed by atoms with Crippen molar-refractivity contribution >= 4 is 34.1 Å². The minimum atomic E-state index is 0.585. The van der Waals surface area contributed by atoms with Gasteiger partial charge in [0.2, 0.25) is 0 Å². The Labute approximate surface area is 133 Å². The summed E-state index contributed by atoms with van der Waals surface area (Å²) in [6, 6.07) is 4.35. The molecule has 0 radical (unpaired) electrons. The number of imidazole rings is 1. The summed E-state index contributed by atoms with van der Waals surface area (Å²) in [5.41, 5.74) is 3.18. The molecular formula is C15H19ClN4S. The Morgan fingerprint density at radius 3 is 2.76 bits per heavy atom. The smallest absolute Gasteiger partial charge is 0.159 e. The number of alkyl halides is 1. The monoisotopic (exact) mass is 322 g/mol. The van der Waals surface area contributed by atoms with Crippen molar-refractivity contribution in [3.8, 4) is 0 Å². The maximum Gasteiger partial charge on any atom is 0.159 e. The predicted molar refractivity (Wildman–Crippen MR) is 88.5 cm³/mol. The summed E-state index contributed by atoms with van der Waals surface area (Å²) < 4.78 is 4.20. The van der Waals surface area contributed by atoms with Gasteiger partial charge in [-0.1, -0.05) is 6.92 Å². The summed E-state index contributed by atoms with van der Waals surface area (Å²) in [7, 11) is 1.99. The van der Waals surface area contributed by atoms with Crippen LogP contribution in [0.4, 0.5) is 0 Å². The molecule has 0 bridgehead atoms. The molecule has 0 aliphatic carbocycles. The molecule has 0 unspecified atom stereocenters. The lowest BCUT2D eigenvalue weighted by atomic mass is 10.3. The van der Waals surface area contributed by atoms with Crippen LogP contribution in [0.2, 0.25) is 0 Å². The largest absolute Gasteiger partial charge is 0.308 e. The van der Waals surface area contributed by atoms with Crippen LogP contribution in [0.5, 0.6) is 0 Å². The maximum atomic E-state index is 5.95. The molecule has 0 saturated heterocycles. The Hall–Kier alpha value is -1.33. The highest BCUT2D eigenvalue weighted by Crippen LogP contribution is 2.24. The van der Waals surface area contributed by atoms with Gasteiger partial charge in [-0.2, -0.15) is 5.10 Å². The van der Waals surface area contributed by atoms with Crippen molar-refractivity contribution in [1.29, 1.82) is 0 Å². The van der Waals surface area contributed by atoms with Gasteiger partial charge in [0.25, 0.3) is 0 Å². The van der Waals surface area contributed by atoms with Crippen LogP contribution in [0, 0.1) is 6.92 Å². The Bertz CT molecular complexity index is 768. The predicted octanol–water partition coefficient (Wildman–Crippen LogP) is 3.53. The molecule has 0 atom stereocenters.